The minimum Gasteiger partial charge on any atom is -0.278 e. The Balaban J connectivity index is 2.18. The van der Waals surface area contributed by atoms with E-state index in [1.165, 1.54) is 0 Å². The van der Waals surface area contributed by atoms with Gasteiger partial charge < -0.3 is 0 Å². The average molecular weight is 265 g/mol. The fourth-order valence-corrected chi connectivity index (χ4v) is 2.45. The quantitative estimate of drug-likeness (QED) is 0.896. The first-order chi connectivity index (χ1) is 8.38. The molecule has 0 aliphatic carbocycles. The second-order valence-electron chi connectivity index (χ2n) is 5.44. The summed E-state index contributed by atoms with van der Waals surface area (Å²) in [6.45, 7) is 7.90. The van der Waals surface area contributed by atoms with Gasteiger partial charge in [-0.3, -0.25) is 5.10 Å². The van der Waals surface area contributed by atoms with Crippen molar-refractivity contribution in [2.24, 2.45) is 0 Å². The zero-order valence-electron chi connectivity index (χ0n) is 11.2. The van der Waals surface area contributed by atoms with Crippen LogP contribution in [0.3, 0.4) is 0 Å². The molecule has 0 unspecified atom stereocenters. The Labute approximate surface area is 110 Å². The minimum absolute atomic E-state index is 0.0457. The van der Waals surface area contributed by atoms with Gasteiger partial charge in [0.25, 0.3) is 0 Å². The van der Waals surface area contributed by atoms with E-state index >= 15 is 0 Å². The number of nitrogens with zero attached hydrogens (tertiary/aromatic N) is 1. The second kappa shape index (κ2) is 4.82. The number of benzene rings is 1. The zero-order valence-corrected chi connectivity index (χ0v) is 12.0. The number of hydrogen-bond acceptors (Lipinski definition) is 2. The molecule has 0 aliphatic heterocycles. The van der Waals surface area contributed by atoms with Crippen LogP contribution < -0.4 is 4.72 Å². The highest BCUT2D eigenvalue weighted by molar-refractivity contribution is 7.84. The number of aromatic amines is 1. The predicted octanol–water partition coefficient (Wildman–Crippen LogP) is 2.68. The van der Waals surface area contributed by atoms with Crippen LogP contribution in [0, 0.1) is 0 Å². The Morgan fingerprint density at radius 1 is 1.39 bits per heavy atom. The molecule has 2 rings (SSSR count). The number of aromatic nitrogens is 2. The monoisotopic (exact) mass is 265 g/mol. The Kier molecular flexibility index (Phi) is 3.54. The average Bonchev–Trinajstić information content (AvgIpc) is 2.74. The van der Waals surface area contributed by atoms with Gasteiger partial charge in [-0.2, -0.15) is 5.10 Å². The fraction of sp³-hybridized carbons (Fsp3) is 0.462. The van der Waals surface area contributed by atoms with Gasteiger partial charge in [0.05, 0.1) is 27.4 Å². The first-order valence-electron chi connectivity index (χ1n) is 5.99. The summed E-state index contributed by atoms with van der Waals surface area (Å²) < 4.78 is 14.9. The van der Waals surface area contributed by atoms with Crippen molar-refractivity contribution in [3.05, 3.63) is 30.0 Å². The zero-order chi connectivity index (χ0) is 13.3. The van der Waals surface area contributed by atoms with Crippen LogP contribution in [0.4, 0.5) is 0 Å². The topological polar surface area (TPSA) is 57.8 Å². The van der Waals surface area contributed by atoms with Crippen LogP contribution in [0.25, 0.3) is 10.9 Å². The summed E-state index contributed by atoms with van der Waals surface area (Å²) >= 11 is 0. The third-order valence-electron chi connectivity index (χ3n) is 2.80. The molecule has 0 saturated heterocycles. The van der Waals surface area contributed by atoms with Crippen molar-refractivity contribution in [1.82, 2.24) is 14.9 Å². The SMILES string of the molecule is C[C@H](N[S@@](=O)C(C)(C)C)c1ccc2[nH]ncc2c1. The molecule has 0 radical (unpaired) electrons. The van der Waals surface area contributed by atoms with Crippen molar-refractivity contribution in [3.8, 4) is 0 Å². The standard InChI is InChI=1S/C13H19N3OS/c1-9(16-18(17)13(2,3)4)10-5-6-12-11(7-10)8-14-15-12/h5-9,16H,1-4H3,(H,14,15)/t9-,18-/m0/s1. The number of H-pyrrole nitrogens is 1. The summed E-state index contributed by atoms with van der Waals surface area (Å²) in [6, 6.07) is 6.13. The van der Waals surface area contributed by atoms with Crippen molar-refractivity contribution >= 4 is 21.9 Å². The van der Waals surface area contributed by atoms with E-state index in [1.54, 1.807) is 6.20 Å². The highest BCUT2D eigenvalue weighted by Crippen LogP contribution is 2.20. The summed E-state index contributed by atoms with van der Waals surface area (Å²) in [5.74, 6) is 0. The smallest absolute Gasteiger partial charge is 0.0975 e. The molecule has 0 spiro atoms. The number of nitrogens with one attached hydrogen (secondary N) is 2. The summed E-state index contributed by atoms with van der Waals surface area (Å²) in [7, 11) is -1.07. The van der Waals surface area contributed by atoms with Crippen LogP contribution in [-0.4, -0.2) is 19.2 Å². The number of hydrogen-bond donors (Lipinski definition) is 2. The Morgan fingerprint density at radius 2 is 2.11 bits per heavy atom. The van der Waals surface area contributed by atoms with Crippen molar-refractivity contribution in [2.45, 2.75) is 38.5 Å². The molecule has 18 heavy (non-hydrogen) atoms. The minimum atomic E-state index is -1.07. The maximum Gasteiger partial charge on any atom is 0.0975 e. The maximum absolute atomic E-state index is 12.0. The molecule has 0 saturated carbocycles. The molecule has 1 aromatic heterocycles. The molecular formula is C13H19N3OS. The van der Waals surface area contributed by atoms with Gasteiger partial charge in [-0.25, -0.2) is 8.93 Å². The van der Waals surface area contributed by atoms with Gasteiger partial charge in [0.1, 0.15) is 0 Å². The van der Waals surface area contributed by atoms with E-state index in [9.17, 15) is 4.21 Å². The molecule has 0 aliphatic rings. The molecule has 1 heterocycles. The number of rotatable bonds is 3. The lowest BCUT2D eigenvalue weighted by Gasteiger charge is -2.22. The van der Waals surface area contributed by atoms with Crippen LogP contribution in [0.15, 0.2) is 24.4 Å². The predicted molar refractivity (Wildman–Crippen MR) is 75.5 cm³/mol. The van der Waals surface area contributed by atoms with Crippen LogP contribution in [0.5, 0.6) is 0 Å². The molecule has 0 fully saturated rings. The molecule has 98 valence electrons. The lowest BCUT2D eigenvalue weighted by atomic mass is 10.1. The van der Waals surface area contributed by atoms with E-state index in [-0.39, 0.29) is 10.8 Å². The van der Waals surface area contributed by atoms with Gasteiger partial charge in [-0.1, -0.05) is 6.07 Å². The lowest BCUT2D eigenvalue weighted by molar-refractivity contribution is 0.616. The molecule has 2 aromatic rings. The maximum atomic E-state index is 12.0. The largest absolute Gasteiger partial charge is 0.278 e. The molecule has 2 atom stereocenters. The van der Waals surface area contributed by atoms with Crippen LogP contribution >= 0.6 is 0 Å². The van der Waals surface area contributed by atoms with Crippen molar-refractivity contribution in [1.29, 1.82) is 0 Å². The third-order valence-corrected chi connectivity index (χ3v) is 4.48. The molecule has 4 nitrogen and oxygen atoms in total. The van der Waals surface area contributed by atoms with Crippen LogP contribution in [0.2, 0.25) is 0 Å². The van der Waals surface area contributed by atoms with E-state index in [4.69, 9.17) is 0 Å². The number of fused-ring (bicyclic) bond motifs is 1. The van der Waals surface area contributed by atoms with E-state index in [2.05, 4.69) is 21.0 Å². The lowest BCUT2D eigenvalue weighted by Crippen LogP contribution is -2.34. The Bertz CT molecular complexity index is 571. The van der Waals surface area contributed by atoms with Gasteiger partial charge in [0, 0.05) is 11.4 Å². The normalized spacial score (nSPS) is 15.8. The molecule has 0 bridgehead atoms. The Morgan fingerprint density at radius 3 is 2.78 bits per heavy atom. The summed E-state index contributed by atoms with van der Waals surface area (Å²) in [5, 5.41) is 7.99. The van der Waals surface area contributed by atoms with Crippen molar-refractivity contribution in [2.75, 3.05) is 0 Å². The van der Waals surface area contributed by atoms with Crippen molar-refractivity contribution < 1.29 is 4.21 Å². The summed E-state index contributed by atoms with van der Waals surface area (Å²) in [4.78, 5) is 0. The molecule has 0 amide bonds. The second-order valence-corrected chi connectivity index (χ2v) is 7.44. The van der Waals surface area contributed by atoms with Gasteiger partial charge in [-0.05, 0) is 45.4 Å². The summed E-state index contributed by atoms with van der Waals surface area (Å²) in [5.41, 5.74) is 2.13. The van der Waals surface area contributed by atoms with E-state index in [0.717, 1.165) is 16.5 Å². The first-order valence-corrected chi connectivity index (χ1v) is 7.14. The summed E-state index contributed by atoms with van der Waals surface area (Å²) in [6.07, 6.45) is 1.80. The van der Waals surface area contributed by atoms with Crippen LogP contribution in [0.1, 0.15) is 39.3 Å². The fourth-order valence-electron chi connectivity index (χ4n) is 1.64. The van der Waals surface area contributed by atoms with Gasteiger partial charge in [0.15, 0.2) is 0 Å². The molecule has 1 aromatic carbocycles. The van der Waals surface area contributed by atoms with E-state index in [1.807, 2.05) is 39.8 Å². The Hall–Kier alpha value is -1.20. The highest BCUT2D eigenvalue weighted by atomic mass is 32.2. The molecule has 2 N–H and O–H groups in total. The van der Waals surface area contributed by atoms with E-state index in [0.29, 0.717) is 0 Å². The third kappa shape index (κ3) is 2.79. The van der Waals surface area contributed by atoms with Crippen LogP contribution in [-0.2, 0) is 11.0 Å². The van der Waals surface area contributed by atoms with Gasteiger partial charge in [0.2, 0.25) is 0 Å². The highest BCUT2D eigenvalue weighted by Gasteiger charge is 2.21. The van der Waals surface area contributed by atoms with E-state index < -0.39 is 11.0 Å². The molecular weight excluding hydrogens is 246 g/mol. The van der Waals surface area contributed by atoms with Gasteiger partial charge >= 0.3 is 0 Å². The molecule has 5 heteroatoms. The van der Waals surface area contributed by atoms with Gasteiger partial charge in [-0.15, -0.1) is 0 Å². The first kappa shape index (κ1) is 13.2. The van der Waals surface area contributed by atoms with Crippen molar-refractivity contribution in [3.63, 3.8) is 0 Å².